The molecule has 0 atom stereocenters. The maximum Gasteiger partial charge on any atom is 0.234 e. The quantitative estimate of drug-likeness (QED) is 0.551. The van der Waals surface area contributed by atoms with E-state index in [9.17, 15) is 4.79 Å². The van der Waals surface area contributed by atoms with E-state index in [2.05, 4.69) is 20.8 Å². The van der Waals surface area contributed by atoms with Gasteiger partial charge in [-0.25, -0.2) is 0 Å². The van der Waals surface area contributed by atoms with Gasteiger partial charge in [-0.05, 0) is 6.92 Å². The van der Waals surface area contributed by atoms with E-state index in [0.29, 0.717) is 26.2 Å². The van der Waals surface area contributed by atoms with E-state index >= 15 is 0 Å². The predicted octanol–water partition coefficient (Wildman–Crippen LogP) is -0.430. The summed E-state index contributed by atoms with van der Waals surface area (Å²) in [5, 5.41) is 12.5. The third-order valence-corrected chi connectivity index (χ3v) is 2.16. The van der Waals surface area contributed by atoms with E-state index in [1.165, 1.54) is 0 Å². The lowest BCUT2D eigenvalue weighted by atomic mass is 10.2. The molecule has 0 radical (unpaired) electrons. The van der Waals surface area contributed by atoms with Gasteiger partial charge >= 0.3 is 0 Å². The van der Waals surface area contributed by atoms with E-state index < -0.39 is 0 Å². The fourth-order valence-electron chi connectivity index (χ4n) is 1.22. The second kappa shape index (κ2) is 6.97. The van der Waals surface area contributed by atoms with Gasteiger partial charge in [-0.2, -0.15) is 5.10 Å². The fraction of sp³-hybridized carbons (Fsp3) is 0.600. The highest BCUT2D eigenvalue weighted by molar-refractivity contribution is 5.77. The number of H-pyrrole nitrogens is 1. The van der Waals surface area contributed by atoms with E-state index in [-0.39, 0.29) is 5.91 Å². The lowest BCUT2D eigenvalue weighted by Crippen LogP contribution is -2.35. The van der Waals surface area contributed by atoms with Crippen LogP contribution in [0.3, 0.4) is 0 Å². The Labute approximate surface area is 94.8 Å². The van der Waals surface area contributed by atoms with Crippen molar-refractivity contribution < 1.29 is 9.53 Å². The molecule has 0 fully saturated rings. The van der Waals surface area contributed by atoms with Gasteiger partial charge in [0.05, 0.1) is 19.3 Å². The molecular weight excluding hydrogens is 208 g/mol. The Morgan fingerprint density at radius 3 is 3.06 bits per heavy atom. The van der Waals surface area contributed by atoms with Gasteiger partial charge in [0.15, 0.2) is 0 Å². The molecule has 6 heteroatoms. The van der Waals surface area contributed by atoms with Gasteiger partial charge in [0, 0.05) is 31.5 Å². The number of rotatable bonds is 7. The van der Waals surface area contributed by atoms with Crippen LogP contribution in [0, 0.1) is 6.92 Å². The van der Waals surface area contributed by atoms with Gasteiger partial charge in [0.25, 0.3) is 0 Å². The Bertz CT molecular complexity index is 324. The lowest BCUT2D eigenvalue weighted by molar-refractivity contribution is -0.120. The summed E-state index contributed by atoms with van der Waals surface area (Å²) >= 11 is 0. The molecule has 1 amide bonds. The summed E-state index contributed by atoms with van der Waals surface area (Å²) in [5.41, 5.74) is 2.09. The first-order valence-corrected chi connectivity index (χ1v) is 5.19. The number of hydrogen-bond donors (Lipinski definition) is 3. The van der Waals surface area contributed by atoms with Crippen molar-refractivity contribution in [3.05, 3.63) is 17.5 Å². The average molecular weight is 226 g/mol. The first kappa shape index (κ1) is 12.7. The van der Waals surface area contributed by atoms with Gasteiger partial charge in [-0.15, -0.1) is 0 Å². The van der Waals surface area contributed by atoms with Crippen LogP contribution in [0.25, 0.3) is 0 Å². The number of nitrogens with zero attached hydrogens (tertiary/aromatic N) is 1. The van der Waals surface area contributed by atoms with Crippen LogP contribution in [0.1, 0.15) is 11.3 Å². The summed E-state index contributed by atoms with van der Waals surface area (Å²) in [7, 11) is 1.60. The van der Waals surface area contributed by atoms with Crippen LogP contribution in [0.5, 0.6) is 0 Å². The summed E-state index contributed by atoms with van der Waals surface area (Å²) in [6.45, 7) is 3.96. The molecule has 0 aliphatic rings. The molecule has 6 nitrogen and oxygen atoms in total. The third kappa shape index (κ3) is 4.41. The molecule has 1 heterocycles. The molecule has 3 N–H and O–H groups in total. The highest BCUT2D eigenvalue weighted by Gasteiger charge is 2.02. The van der Waals surface area contributed by atoms with E-state index in [1.807, 2.05) is 6.92 Å². The first-order chi connectivity index (χ1) is 7.74. The molecule has 0 bridgehead atoms. The van der Waals surface area contributed by atoms with Gasteiger partial charge in [0.1, 0.15) is 0 Å². The molecule has 1 aromatic heterocycles. The Hall–Kier alpha value is -1.40. The molecule has 16 heavy (non-hydrogen) atoms. The number of nitrogens with one attached hydrogen (secondary N) is 3. The topological polar surface area (TPSA) is 79.0 Å². The van der Waals surface area contributed by atoms with Crippen LogP contribution in [0.15, 0.2) is 6.20 Å². The lowest BCUT2D eigenvalue weighted by Gasteiger charge is -2.05. The zero-order valence-electron chi connectivity index (χ0n) is 9.67. The maximum atomic E-state index is 11.3. The number of carbonyl (C=O) groups is 1. The number of aromatic amines is 1. The number of aryl methyl sites for hydroxylation is 1. The second-order valence-corrected chi connectivity index (χ2v) is 3.47. The van der Waals surface area contributed by atoms with E-state index in [0.717, 1.165) is 11.3 Å². The summed E-state index contributed by atoms with van der Waals surface area (Å²) in [6.07, 6.45) is 1.76. The maximum absolute atomic E-state index is 11.3. The van der Waals surface area contributed by atoms with Crippen molar-refractivity contribution >= 4 is 5.91 Å². The number of carbonyl (C=O) groups excluding carboxylic acids is 1. The van der Waals surface area contributed by atoms with Crippen molar-refractivity contribution in [2.45, 2.75) is 13.5 Å². The summed E-state index contributed by atoms with van der Waals surface area (Å²) < 4.78 is 4.82. The molecule has 90 valence electrons. The highest BCUT2D eigenvalue weighted by atomic mass is 16.5. The van der Waals surface area contributed by atoms with Crippen LogP contribution in [0.4, 0.5) is 0 Å². The smallest absolute Gasteiger partial charge is 0.234 e. The van der Waals surface area contributed by atoms with Crippen molar-refractivity contribution in [1.82, 2.24) is 20.8 Å². The highest BCUT2D eigenvalue weighted by Crippen LogP contribution is 2.00. The number of methoxy groups -OCH3 is 1. The van der Waals surface area contributed by atoms with Crippen molar-refractivity contribution in [2.75, 3.05) is 26.8 Å². The Kier molecular flexibility index (Phi) is 5.52. The number of aromatic nitrogens is 2. The van der Waals surface area contributed by atoms with E-state index in [1.54, 1.807) is 13.3 Å². The third-order valence-electron chi connectivity index (χ3n) is 2.16. The molecule has 1 aromatic rings. The molecule has 0 aromatic carbocycles. The molecule has 0 saturated carbocycles. The predicted molar refractivity (Wildman–Crippen MR) is 59.9 cm³/mol. The largest absolute Gasteiger partial charge is 0.383 e. The van der Waals surface area contributed by atoms with Crippen molar-refractivity contribution in [1.29, 1.82) is 0 Å². The van der Waals surface area contributed by atoms with Crippen molar-refractivity contribution in [3.63, 3.8) is 0 Å². The number of hydrogen-bond acceptors (Lipinski definition) is 4. The minimum absolute atomic E-state index is 0.0294. The second-order valence-electron chi connectivity index (χ2n) is 3.47. The standard InChI is InChI=1S/C10H18N4O2/c1-8-9(6-13-14-8)5-11-7-10(15)12-3-4-16-2/h6,11H,3-5,7H2,1-2H3,(H,12,15)(H,13,14). The molecule has 0 saturated heterocycles. The SMILES string of the molecule is COCCNC(=O)CNCc1cn[nH]c1C. The van der Waals surface area contributed by atoms with Gasteiger partial charge in [-0.3, -0.25) is 9.89 Å². The molecular formula is C10H18N4O2. The summed E-state index contributed by atoms with van der Waals surface area (Å²) in [4.78, 5) is 11.3. The molecule has 0 aliphatic carbocycles. The van der Waals surface area contributed by atoms with Gasteiger partial charge < -0.3 is 15.4 Å². The summed E-state index contributed by atoms with van der Waals surface area (Å²) in [6, 6.07) is 0. The number of ether oxygens (including phenoxy) is 1. The Balaban J connectivity index is 2.11. The average Bonchev–Trinajstić information content (AvgIpc) is 2.65. The molecule has 0 unspecified atom stereocenters. The molecule has 0 aliphatic heterocycles. The van der Waals surface area contributed by atoms with E-state index in [4.69, 9.17) is 4.74 Å². The van der Waals surface area contributed by atoms with Crippen molar-refractivity contribution in [3.8, 4) is 0 Å². The summed E-state index contributed by atoms with van der Waals surface area (Å²) in [5.74, 6) is -0.0294. The Morgan fingerprint density at radius 1 is 1.62 bits per heavy atom. The molecule has 0 spiro atoms. The zero-order valence-corrected chi connectivity index (χ0v) is 9.67. The van der Waals surface area contributed by atoms with Crippen LogP contribution in [-0.4, -0.2) is 42.9 Å². The fourth-order valence-corrected chi connectivity index (χ4v) is 1.22. The first-order valence-electron chi connectivity index (χ1n) is 5.19. The zero-order chi connectivity index (χ0) is 11.8. The monoisotopic (exact) mass is 226 g/mol. The van der Waals surface area contributed by atoms with Crippen molar-refractivity contribution in [2.24, 2.45) is 0 Å². The van der Waals surface area contributed by atoms with Crippen LogP contribution in [-0.2, 0) is 16.1 Å². The van der Waals surface area contributed by atoms with Crippen LogP contribution in [0.2, 0.25) is 0 Å². The Morgan fingerprint density at radius 2 is 2.44 bits per heavy atom. The van der Waals surface area contributed by atoms with Gasteiger partial charge in [0.2, 0.25) is 5.91 Å². The minimum Gasteiger partial charge on any atom is -0.383 e. The van der Waals surface area contributed by atoms with Crippen LogP contribution >= 0.6 is 0 Å². The normalized spacial score (nSPS) is 10.4. The van der Waals surface area contributed by atoms with Gasteiger partial charge in [-0.1, -0.05) is 0 Å². The molecule has 1 rings (SSSR count). The number of amides is 1. The minimum atomic E-state index is -0.0294. The van der Waals surface area contributed by atoms with Crippen LogP contribution < -0.4 is 10.6 Å².